The Morgan fingerprint density at radius 3 is 2.64 bits per heavy atom. The Morgan fingerprint density at radius 1 is 1.17 bits per heavy atom. The van der Waals surface area contributed by atoms with Crippen molar-refractivity contribution >= 4 is 28.7 Å². The third-order valence-electron chi connectivity index (χ3n) is 6.42. The molecule has 0 bridgehead atoms. The van der Waals surface area contributed by atoms with Crippen molar-refractivity contribution in [2.75, 3.05) is 11.4 Å². The number of rotatable bonds is 9. The molecule has 192 valence electrons. The molecule has 4 rings (SSSR count). The summed E-state index contributed by atoms with van der Waals surface area (Å²) in [5.41, 5.74) is 0.330. The first-order chi connectivity index (χ1) is 17.2. The zero-order valence-electron chi connectivity index (χ0n) is 20.7. The van der Waals surface area contributed by atoms with E-state index in [4.69, 9.17) is 4.74 Å². The topological polar surface area (TPSA) is 119 Å². The lowest BCUT2D eigenvalue weighted by Gasteiger charge is -2.17. The number of carbonyl (C=O) groups is 2. The highest BCUT2D eigenvalue weighted by molar-refractivity contribution is 5.99. The molecule has 1 N–H and O–H groups in total. The first-order valence-corrected chi connectivity index (χ1v) is 12.2. The number of nitrogens with zero attached hydrogens (tertiary/aromatic N) is 4. The molecule has 1 aliphatic rings. The van der Waals surface area contributed by atoms with Crippen LogP contribution >= 0.6 is 0 Å². The van der Waals surface area contributed by atoms with Crippen molar-refractivity contribution in [3.8, 4) is 0 Å². The Kier molecular flexibility index (Phi) is 7.37. The van der Waals surface area contributed by atoms with Gasteiger partial charge in [-0.05, 0) is 37.5 Å². The van der Waals surface area contributed by atoms with Gasteiger partial charge in [-0.1, -0.05) is 26.3 Å². The number of hydrogen-bond donors (Lipinski definition) is 1. The van der Waals surface area contributed by atoms with E-state index >= 15 is 0 Å². The van der Waals surface area contributed by atoms with Crippen LogP contribution in [0.2, 0.25) is 0 Å². The molecule has 1 fully saturated rings. The molecule has 0 radical (unpaired) electrons. The van der Waals surface area contributed by atoms with Crippen LogP contribution in [0.1, 0.15) is 50.9 Å². The third kappa shape index (κ3) is 4.82. The minimum Gasteiger partial charge on any atom is -0.457 e. The van der Waals surface area contributed by atoms with Crippen molar-refractivity contribution in [1.29, 1.82) is 0 Å². The molecule has 2 aromatic heterocycles. The fourth-order valence-corrected chi connectivity index (χ4v) is 4.43. The van der Waals surface area contributed by atoms with Crippen molar-refractivity contribution < 1.29 is 18.7 Å². The van der Waals surface area contributed by atoms with Gasteiger partial charge >= 0.3 is 11.7 Å². The van der Waals surface area contributed by atoms with Crippen molar-refractivity contribution in [1.82, 2.24) is 19.1 Å². The summed E-state index contributed by atoms with van der Waals surface area (Å²) in [5.74, 6) is -1.65. The molecule has 1 atom stereocenters. The number of nitrogens with one attached hydrogen (secondary N) is 1. The van der Waals surface area contributed by atoms with Crippen LogP contribution in [-0.2, 0) is 34.0 Å². The van der Waals surface area contributed by atoms with Crippen molar-refractivity contribution in [2.45, 2.75) is 66.2 Å². The average Bonchev–Trinajstić information content (AvgIpc) is 3.40. The summed E-state index contributed by atoms with van der Waals surface area (Å²) in [7, 11) is 0. The van der Waals surface area contributed by atoms with Gasteiger partial charge < -0.3 is 14.2 Å². The van der Waals surface area contributed by atoms with Gasteiger partial charge in [-0.25, -0.2) is 14.2 Å². The second-order valence-corrected chi connectivity index (χ2v) is 9.06. The Morgan fingerprint density at radius 2 is 1.94 bits per heavy atom. The average molecular weight is 500 g/mol. The molecular formula is C25H30FN5O5. The lowest BCUT2D eigenvalue weighted by Crippen LogP contribution is -2.31. The standard InChI is InChI=1S/C25H30FN5O5/c1-4-6-10-30-22-21(23(33)28-25(30)35)29(9-5-2)19(27-22)14-36-24(34)16-11-20(32)31(13-16)17-8-7-15(3)18(26)12-17/h7-8,12,16H,4-6,9-11,13-14H2,1-3H3,(H,28,33,35). The van der Waals surface area contributed by atoms with E-state index in [1.807, 2.05) is 13.8 Å². The lowest BCUT2D eigenvalue weighted by atomic mass is 10.1. The minimum atomic E-state index is -0.711. The Bertz CT molecular complexity index is 1420. The largest absolute Gasteiger partial charge is 0.457 e. The quantitative estimate of drug-likeness (QED) is 0.452. The van der Waals surface area contributed by atoms with Gasteiger partial charge in [-0.15, -0.1) is 0 Å². The number of halogens is 1. The van der Waals surface area contributed by atoms with E-state index in [2.05, 4.69) is 9.97 Å². The van der Waals surface area contributed by atoms with E-state index in [0.717, 1.165) is 12.8 Å². The van der Waals surface area contributed by atoms with Crippen LogP contribution in [0.3, 0.4) is 0 Å². The second-order valence-electron chi connectivity index (χ2n) is 9.06. The molecule has 10 nitrogen and oxygen atoms in total. The zero-order valence-corrected chi connectivity index (χ0v) is 20.7. The molecule has 1 amide bonds. The monoisotopic (exact) mass is 499 g/mol. The number of fused-ring (bicyclic) bond motifs is 1. The van der Waals surface area contributed by atoms with E-state index in [1.165, 1.54) is 15.5 Å². The summed E-state index contributed by atoms with van der Waals surface area (Å²) in [6.45, 7) is 6.31. The van der Waals surface area contributed by atoms with E-state index in [-0.39, 0.29) is 36.6 Å². The van der Waals surface area contributed by atoms with E-state index < -0.39 is 29.0 Å². The summed E-state index contributed by atoms with van der Waals surface area (Å²) in [6, 6.07) is 4.51. The van der Waals surface area contributed by atoms with Gasteiger partial charge in [0.15, 0.2) is 11.2 Å². The molecule has 36 heavy (non-hydrogen) atoms. The summed E-state index contributed by atoms with van der Waals surface area (Å²) in [5, 5.41) is 0. The number of imidazole rings is 1. The highest BCUT2D eigenvalue weighted by Gasteiger charge is 2.36. The summed E-state index contributed by atoms with van der Waals surface area (Å²) in [6.07, 6.45) is 2.25. The number of aromatic amines is 1. The highest BCUT2D eigenvalue weighted by Crippen LogP contribution is 2.27. The van der Waals surface area contributed by atoms with Crippen molar-refractivity contribution in [3.63, 3.8) is 0 Å². The van der Waals surface area contributed by atoms with Crippen molar-refractivity contribution in [2.24, 2.45) is 5.92 Å². The molecule has 1 aromatic carbocycles. The Labute approximate surface area is 206 Å². The lowest BCUT2D eigenvalue weighted by molar-refractivity contribution is -0.150. The minimum absolute atomic E-state index is 0.0457. The number of esters is 1. The predicted molar refractivity (Wildman–Crippen MR) is 131 cm³/mol. The summed E-state index contributed by atoms with van der Waals surface area (Å²) >= 11 is 0. The predicted octanol–water partition coefficient (Wildman–Crippen LogP) is 2.64. The molecule has 3 aromatic rings. The molecule has 0 saturated carbocycles. The summed E-state index contributed by atoms with van der Waals surface area (Å²) in [4.78, 5) is 58.6. The molecule has 11 heteroatoms. The number of carbonyl (C=O) groups excluding carboxylic acids is 2. The normalized spacial score (nSPS) is 15.7. The zero-order chi connectivity index (χ0) is 26.0. The van der Waals surface area contributed by atoms with Gasteiger partial charge in [0.2, 0.25) is 5.91 Å². The molecule has 1 unspecified atom stereocenters. The van der Waals surface area contributed by atoms with Gasteiger partial charge in [-0.2, -0.15) is 0 Å². The van der Waals surface area contributed by atoms with Gasteiger partial charge in [0, 0.05) is 31.7 Å². The number of ether oxygens (including phenoxy) is 1. The molecular weight excluding hydrogens is 469 g/mol. The van der Waals surface area contributed by atoms with Crippen LogP contribution in [0.15, 0.2) is 27.8 Å². The first-order valence-electron chi connectivity index (χ1n) is 12.2. The van der Waals surface area contributed by atoms with Gasteiger partial charge in [0.25, 0.3) is 5.56 Å². The maximum absolute atomic E-state index is 14.0. The third-order valence-corrected chi connectivity index (χ3v) is 6.42. The number of benzene rings is 1. The number of aromatic nitrogens is 4. The fraction of sp³-hybridized carbons (Fsp3) is 0.480. The Balaban J connectivity index is 1.55. The van der Waals surface area contributed by atoms with Crippen LogP contribution in [-0.4, -0.2) is 37.5 Å². The van der Waals surface area contributed by atoms with Crippen LogP contribution < -0.4 is 16.1 Å². The van der Waals surface area contributed by atoms with Crippen LogP contribution in [0.5, 0.6) is 0 Å². The second kappa shape index (κ2) is 10.5. The van der Waals surface area contributed by atoms with Crippen molar-refractivity contribution in [3.05, 3.63) is 56.2 Å². The van der Waals surface area contributed by atoms with Crippen LogP contribution in [0.4, 0.5) is 10.1 Å². The number of aryl methyl sites for hydroxylation is 3. The number of H-pyrrole nitrogens is 1. The van der Waals surface area contributed by atoms with Gasteiger partial charge in [0.05, 0.1) is 5.92 Å². The number of hydrogen-bond acceptors (Lipinski definition) is 6. The molecule has 1 aliphatic heterocycles. The fourth-order valence-electron chi connectivity index (χ4n) is 4.43. The molecule has 1 saturated heterocycles. The first kappa shape index (κ1) is 25.3. The Hall–Kier alpha value is -3.76. The SMILES string of the molecule is CCCCn1c(=O)[nH]c(=O)c2c1nc(COC(=O)C1CC(=O)N(c3ccc(C)c(F)c3)C1)n2CCC. The van der Waals surface area contributed by atoms with Crippen LogP contribution in [0, 0.1) is 18.7 Å². The highest BCUT2D eigenvalue weighted by atomic mass is 19.1. The summed E-state index contributed by atoms with van der Waals surface area (Å²) < 4.78 is 22.6. The smallest absolute Gasteiger partial charge is 0.330 e. The van der Waals surface area contributed by atoms with Crippen LogP contribution in [0.25, 0.3) is 11.2 Å². The van der Waals surface area contributed by atoms with E-state index in [1.54, 1.807) is 23.6 Å². The molecule has 0 aliphatic carbocycles. The molecule has 0 spiro atoms. The van der Waals surface area contributed by atoms with Gasteiger partial charge in [0.1, 0.15) is 18.2 Å². The number of anilines is 1. The van der Waals surface area contributed by atoms with E-state index in [0.29, 0.717) is 36.6 Å². The number of amides is 1. The number of unbranched alkanes of at least 4 members (excludes halogenated alkanes) is 1. The van der Waals surface area contributed by atoms with Gasteiger partial charge in [-0.3, -0.25) is 23.9 Å². The molecule has 3 heterocycles. The maximum Gasteiger partial charge on any atom is 0.330 e. The van der Waals surface area contributed by atoms with E-state index in [9.17, 15) is 23.6 Å². The maximum atomic E-state index is 14.0.